The predicted octanol–water partition coefficient (Wildman–Crippen LogP) is 4.06. The average molecular weight is 391 g/mol. The van der Waals surface area contributed by atoms with Crippen LogP contribution in [-0.2, 0) is 6.42 Å². The Bertz CT molecular complexity index is 1030. The van der Waals surface area contributed by atoms with Gasteiger partial charge in [-0.05, 0) is 67.3 Å². The number of halogens is 1. The minimum Gasteiger partial charge on any atom is -0.352 e. The SMILES string of the molecule is Cc1ccc(C)c(NC(=O)c2cc(C(=O)NCCc3ccc(F)cc3)ccn2)c1. The van der Waals surface area contributed by atoms with Crippen molar-refractivity contribution in [2.75, 3.05) is 11.9 Å². The van der Waals surface area contributed by atoms with E-state index in [0.717, 1.165) is 16.7 Å². The van der Waals surface area contributed by atoms with Crippen molar-refractivity contribution >= 4 is 17.5 Å². The van der Waals surface area contributed by atoms with E-state index in [2.05, 4.69) is 15.6 Å². The van der Waals surface area contributed by atoms with Gasteiger partial charge in [0.15, 0.2) is 0 Å². The number of nitrogens with one attached hydrogen (secondary N) is 2. The second-order valence-electron chi connectivity index (χ2n) is 6.83. The zero-order chi connectivity index (χ0) is 20.8. The lowest BCUT2D eigenvalue weighted by Crippen LogP contribution is -2.26. The van der Waals surface area contributed by atoms with Gasteiger partial charge in [-0.25, -0.2) is 4.39 Å². The normalized spacial score (nSPS) is 10.4. The molecule has 0 atom stereocenters. The number of anilines is 1. The van der Waals surface area contributed by atoms with Crippen molar-refractivity contribution in [2.45, 2.75) is 20.3 Å². The summed E-state index contributed by atoms with van der Waals surface area (Å²) in [5.74, 6) is -0.962. The highest BCUT2D eigenvalue weighted by Gasteiger charge is 2.13. The molecule has 0 bridgehead atoms. The Balaban J connectivity index is 1.62. The van der Waals surface area contributed by atoms with Crippen molar-refractivity contribution in [1.82, 2.24) is 10.3 Å². The number of carbonyl (C=O) groups is 2. The first kappa shape index (κ1) is 20.2. The molecule has 148 valence electrons. The van der Waals surface area contributed by atoms with E-state index in [1.165, 1.54) is 24.4 Å². The molecule has 0 unspecified atom stereocenters. The summed E-state index contributed by atoms with van der Waals surface area (Å²) in [6.45, 7) is 4.26. The standard InChI is InChI=1S/C23H22FN3O2/c1-15-3-4-16(2)20(13-15)27-23(29)21-14-18(10-12-25-21)22(28)26-11-9-17-5-7-19(24)8-6-17/h3-8,10,12-14H,9,11H2,1-2H3,(H,26,28)(H,27,29). The number of hydrogen-bond acceptors (Lipinski definition) is 3. The maximum Gasteiger partial charge on any atom is 0.274 e. The molecule has 0 spiro atoms. The lowest BCUT2D eigenvalue weighted by molar-refractivity contribution is 0.0954. The number of nitrogens with zero attached hydrogens (tertiary/aromatic N) is 1. The van der Waals surface area contributed by atoms with Crippen molar-refractivity contribution in [3.63, 3.8) is 0 Å². The Morgan fingerprint density at radius 1 is 0.966 bits per heavy atom. The van der Waals surface area contributed by atoms with Crippen LogP contribution in [0, 0.1) is 19.7 Å². The van der Waals surface area contributed by atoms with E-state index in [0.29, 0.717) is 24.2 Å². The van der Waals surface area contributed by atoms with Gasteiger partial charge < -0.3 is 10.6 Å². The van der Waals surface area contributed by atoms with Crippen molar-refractivity contribution in [1.29, 1.82) is 0 Å². The first-order chi connectivity index (χ1) is 13.9. The zero-order valence-corrected chi connectivity index (χ0v) is 16.3. The molecule has 3 aromatic rings. The average Bonchev–Trinajstić information content (AvgIpc) is 2.72. The molecule has 29 heavy (non-hydrogen) atoms. The highest BCUT2D eigenvalue weighted by molar-refractivity contribution is 6.05. The number of rotatable bonds is 6. The lowest BCUT2D eigenvalue weighted by Gasteiger charge is -2.10. The maximum absolute atomic E-state index is 12.9. The van der Waals surface area contributed by atoms with Crippen molar-refractivity contribution in [2.24, 2.45) is 0 Å². The smallest absolute Gasteiger partial charge is 0.274 e. The summed E-state index contributed by atoms with van der Waals surface area (Å²) in [5, 5.41) is 5.64. The van der Waals surface area contributed by atoms with E-state index < -0.39 is 0 Å². The summed E-state index contributed by atoms with van der Waals surface area (Å²) in [5.41, 5.74) is 4.13. The predicted molar refractivity (Wildman–Crippen MR) is 111 cm³/mol. The van der Waals surface area contributed by atoms with Crippen LogP contribution in [0.1, 0.15) is 37.5 Å². The molecule has 0 radical (unpaired) electrons. The molecule has 5 nitrogen and oxygen atoms in total. The van der Waals surface area contributed by atoms with E-state index in [4.69, 9.17) is 0 Å². The Labute approximate surface area is 169 Å². The van der Waals surface area contributed by atoms with Crippen LogP contribution in [0.3, 0.4) is 0 Å². The number of aromatic nitrogens is 1. The molecule has 0 aliphatic carbocycles. The van der Waals surface area contributed by atoms with E-state index in [9.17, 15) is 14.0 Å². The van der Waals surface area contributed by atoms with Gasteiger partial charge in [-0.2, -0.15) is 0 Å². The molecule has 1 aromatic heterocycles. The molecule has 1 heterocycles. The quantitative estimate of drug-likeness (QED) is 0.666. The van der Waals surface area contributed by atoms with Gasteiger partial charge >= 0.3 is 0 Å². The summed E-state index contributed by atoms with van der Waals surface area (Å²) in [7, 11) is 0. The van der Waals surface area contributed by atoms with Gasteiger partial charge in [0.1, 0.15) is 11.5 Å². The molecular formula is C23H22FN3O2. The number of hydrogen-bond donors (Lipinski definition) is 2. The van der Waals surface area contributed by atoms with Gasteiger partial charge in [-0.15, -0.1) is 0 Å². The van der Waals surface area contributed by atoms with Gasteiger partial charge in [0.25, 0.3) is 11.8 Å². The van der Waals surface area contributed by atoms with Crippen LogP contribution in [0.15, 0.2) is 60.8 Å². The first-order valence-corrected chi connectivity index (χ1v) is 9.29. The minimum atomic E-state index is -0.375. The van der Waals surface area contributed by atoms with E-state index in [-0.39, 0.29) is 23.3 Å². The van der Waals surface area contributed by atoms with Gasteiger partial charge in [0, 0.05) is 24.0 Å². The maximum atomic E-state index is 12.9. The third-order valence-corrected chi connectivity index (χ3v) is 4.51. The summed E-state index contributed by atoms with van der Waals surface area (Å²) >= 11 is 0. The fraction of sp³-hybridized carbons (Fsp3) is 0.174. The molecule has 2 aromatic carbocycles. The van der Waals surface area contributed by atoms with Crippen LogP contribution in [0.4, 0.5) is 10.1 Å². The van der Waals surface area contributed by atoms with Gasteiger partial charge in [0.05, 0.1) is 0 Å². The molecular weight excluding hydrogens is 369 g/mol. The number of benzene rings is 2. The highest BCUT2D eigenvalue weighted by Crippen LogP contribution is 2.17. The Morgan fingerprint density at radius 2 is 1.72 bits per heavy atom. The summed E-state index contributed by atoms with van der Waals surface area (Å²) in [6.07, 6.45) is 2.02. The van der Waals surface area contributed by atoms with Crippen LogP contribution in [0.2, 0.25) is 0 Å². The van der Waals surface area contributed by atoms with Crippen molar-refractivity contribution < 1.29 is 14.0 Å². The number of pyridine rings is 1. The Kier molecular flexibility index (Phi) is 6.34. The second-order valence-corrected chi connectivity index (χ2v) is 6.83. The van der Waals surface area contributed by atoms with Crippen molar-refractivity contribution in [3.8, 4) is 0 Å². The molecule has 2 amide bonds. The molecule has 6 heteroatoms. The van der Waals surface area contributed by atoms with Gasteiger partial charge in [-0.1, -0.05) is 24.3 Å². The summed E-state index contributed by atoms with van der Waals surface area (Å²) in [6, 6.07) is 15.0. The molecule has 0 saturated heterocycles. The third-order valence-electron chi connectivity index (χ3n) is 4.51. The van der Waals surface area contributed by atoms with Crippen LogP contribution >= 0.6 is 0 Å². The van der Waals surface area contributed by atoms with E-state index >= 15 is 0 Å². The largest absolute Gasteiger partial charge is 0.352 e. The fourth-order valence-electron chi connectivity index (χ4n) is 2.83. The lowest BCUT2D eigenvalue weighted by atomic mass is 10.1. The molecule has 0 saturated carbocycles. The Hall–Kier alpha value is -3.54. The topological polar surface area (TPSA) is 71.1 Å². The fourth-order valence-corrected chi connectivity index (χ4v) is 2.83. The minimum absolute atomic E-state index is 0.164. The van der Waals surface area contributed by atoms with Gasteiger partial charge in [-0.3, -0.25) is 14.6 Å². The summed E-state index contributed by atoms with van der Waals surface area (Å²) < 4.78 is 12.9. The monoisotopic (exact) mass is 391 g/mol. The molecule has 0 aliphatic rings. The summed E-state index contributed by atoms with van der Waals surface area (Å²) in [4.78, 5) is 29.0. The van der Waals surface area contributed by atoms with Crippen LogP contribution in [0.5, 0.6) is 0 Å². The van der Waals surface area contributed by atoms with E-state index in [1.807, 2.05) is 32.0 Å². The highest BCUT2D eigenvalue weighted by atomic mass is 19.1. The number of amides is 2. The zero-order valence-electron chi connectivity index (χ0n) is 16.3. The number of aryl methyl sites for hydroxylation is 2. The van der Waals surface area contributed by atoms with Crippen LogP contribution in [-0.4, -0.2) is 23.3 Å². The molecule has 3 rings (SSSR count). The molecule has 2 N–H and O–H groups in total. The van der Waals surface area contributed by atoms with Crippen LogP contribution in [0.25, 0.3) is 0 Å². The van der Waals surface area contributed by atoms with Gasteiger partial charge in [0.2, 0.25) is 0 Å². The van der Waals surface area contributed by atoms with E-state index in [1.54, 1.807) is 18.2 Å². The second kappa shape index (κ2) is 9.10. The third kappa shape index (κ3) is 5.48. The molecule has 0 aliphatic heterocycles. The first-order valence-electron chi connectivity index (χ1n) is 9.29. The number of carbonyl (C=O) groups excluding carboxylic acids is 2. The van der Waals surface area contributed by atoms with Crippen LogP contribution < -0.4 is 10.6 Å². The Morgan fingerprint density at radius 3 is 2.48 bits per heavy atom. The molecule has 0 fully saturated rings. The van der Waals surface area contributed by atoms with Crippen molar-refractivity contribution in [3.05, 3.63) is 94.6 Å².